The van der Waals surface area contributed by atoms with Crippen molar-refractivity contribution >= 4 is 23.9 Å². The highest BCUT2D eigenvalue weighted by molar-refractivity contribution is 7.92. The van der Waals surface area contributed by atoms with Crippen molar-refractivity contribution in [2.75, 3.05) is 0 Å². The van der Waals surface area contributed by atoms with E-state index < -0.39 is 28.8 Å². The fourth-order valence-electron chi connectivity index (χ4n) is 4.49. The van der Waals surface area contributed by atoms with Crippen LogP contribution in [0.25, 0.3) is 0 Å². The zero-order chi connectivity index (χ0) is 23.8. The van der Waals surface area contributed by atoms with Gasteiger partial charge in [-0.05, 0) is 55.9 Å². The van der Waals surface area contributed by atoms with E-state index in [1.165, 1.54) is 6.92 Å². The van der Waals surface area contributed by atoms with Crippen molar-refractivity contribution in [1.29, 1.82) is 0 Å². The molecule has 1 aliphatic rings. The molecule has 1 aromatic carbocycles. The summed E-state index contributed by atoms with van der Waals surface area (Å²) in [6, 6.07) is 8.52. The smallest absolute Gasteiger partial charge is 0.192 e. The van der Waals surface area contributed by atoms with Crippen molar-refractivity contribution in [3.63, 3.8) is 0 Å². The van der Waals surface area contributed by atoms with Gasteiger partial charge in [0.05, 0.1) is 16.2 Å². The summed E-state index contributed by atoms with van der Waals surface area (Å²) in [4.78, 5) is 12.5. The minimum atomic E-state index is -3.70. The van der Waals surface area contributed by atoms with Crippen LogP contribution in [-0.4, -0.2) is 33.9 Å². The summed E-state index contributed by atoms with van der Waals surface area (Å²) in [7, 11) is -5.76. The molecule has 0 aliphatic heterocycles. The van der Waals surface area contributed by atoms with Crippen LogP contribution in [0, 0.1) is 11.3 Å². The molecule has 1 unspecified atom stereocenters. The van der Waals surface area contributed by atoms with Gasteiger partial charge >= 0.3 is 0 Å². The molecule has 0 N–H and O–H groups in total. The van der Waals surface area contributed by atoms with E-state index in [9.17, 15) is 13.2 Å². The molecule has 0 radical (unpaired) electrons. The molecular formula is C25H40O4SSi. The average molecular weight is 465 g/mol. The van der Waals surface area contributed by atoms with Gasteiger partial charge in [-0.1, -0.05) is 64.5 Å². The molecule has 0 aromatic heterocycles. The topological polar surface area (TPSA) is 60.4 Å². The molecule has 0 fully saturated rings. The molecule has 4 nitrogen and oxygen atoms in total. The van der Waals surface area contributed by atoms with Crippen LogP contribution in [0.4, 0.5) is 0 Å². The fraction of sp³-hybridized carbons (Fsp3) is 0.640. The van der Waals surface area contributed by atoms with Crippen LogP contribution in [0.15, 0.2) is 46.9 Å². The van der Waals surface area contributed by atoms with Crippen LogP contribution in [-0.2, 0) is 19.1 Å². The molecule has 0 spiro atoms. The van der Waals surface area contributed by atoms with Gasteiger partial charge < -0.3 is 4.43 Å². The first-order chi connectivity index (χ1) is 14.0. The fourth-order valence-corrected chi connectivity index (χ4v) is 8.22. The summed E-state index contributed by atoms with van der Waals surface area (Å²) < 4.78 is 34.3. The summed E-state index contributed by atoms with van der Waals surface area (Å²) in [5.74, 6) is -0.411. The number of sulfone groups is 1. The van der Waals surface area contributed by atoms with E-state index >= 15 is 0 Å². The molecule has 0 amide bonds. The summed E-state index contributed by atoms with van der Waals surface area (Å²) in [6.45, 7) is 18.8. The summed E-state index contributed by atoms with van der Waals surface area (Å²) in [5.41, 5.74) is 0.599. The summed E-state index contributed by atoms with van der Waals surface area (Å²) in [5, 5.41) is -0.756. The Hall–Kier alpha value is -1.24. The van der Waals surface area contributed by atoms with Gasteiger partial charge in [0.2, 0.25) is 0 Å². The number of Topliss-reactive ketones (excluding diaryl/α,β-unsaturated/α-hetero) is 1. The monoisotopic (exact) mass is 464 g/mol. The molecule has 0 saturated carbocycles. The van der Waals surface area contributed by atoms with Crippen molar-refractivity contribution in [3.05, 3.63) is 42.0 Å². The Kier molecular flexibility index (Phi) is 7.51. The first-order valence-corrected chi connectivity index (χ1v) is 15.6. The number of allylic oxidation sites excluding steroid dienone is 1. The predicted molar refractivity (Wildman–Crippen MR) is 130 cm³/mol. The number of hydrogen-bond donors (Lipinski definition) is 0. The lowest BCUT2D eigenvalue weighted by Gasteiger charge is -2.51. The molecule has 31 heavy (non-hydrogen) atoms. The average Bonchev–Trinajstić information content (AvgIpc) is 2.62. The Bertz CT molecular complexity index is 924. The van der Waals surface area contributed by atoms with Crippen molar-refractivity contribution in [3.8, 4) is 0 Å². The van der Waals surface area contributed by atoms with Crippen molar-refractivity contribution in [2.24, 2.45) is 11.3 Å². The molecule has 0 bridgehead atoms. The van der Waals surface area contributed by atoms with Gasteiger partial charge in [-0.25, -0.2) is 8.42 Å². The normalized spacial score (nSPS) is 23.2. The molecule has 0 saturated heterocycles. The number of rotatable bonds is 7. The van der Waals surface area contributed by atoms with Crippen LogP contribution in [0.1, 0.15) is 61.3 Å². The van der Waals surface area contributed by atoms with E-state index in [0.29, 0.717) is 0 Å². The lowest BCUT2D eigenvalue weighted by atomic mass is 9.65. The number of hydrogen-bond acceptors (Lipinski definition) is 4. The third-order valence-electron chi connectivity index (χ3n) is 7.35. The van der Waals surface area contributed by atoms with E-state index in [0.717, 1.165) is 12.0 Å². The number of carbonyl (C=O) groups excluding carboxylic acids is 1. The molecule has 0 heterocycles. The minimum absolute atomic E-state index is 0.00329. The Morgan fingerprint density at radius 2 is 1.74 bits per heavy atom. The van der Waals surface area contributed by atoms with E-state index in [4.69, 9.17) is 4.43 Å². The first-order valence-electron chi connectivity index (χ1n) is 11.1. The minimum Gasteiger partial charge on any atom is -0.413 e. The first kappa shape index (κ1) is 26.0. The zero-order valence-electron chi connectivity index (χ0n) is 20.7. The third-order valence-corrected chi connectivity index (χ3v) is 14.0. The maximum atomic E-state index is 13.7. The van der Waals surface area contributed by atoms with Crippen molar-refractivity contribution < 1.29 is 17.6 Å². The predicted octanol–water partition coefficient (Wildman–Crippen LogP) is 6.19. The maximum Gasteiger partial charge on any atom is 0.192 e. The number of benzene rings is 1. The Morgan fingerprint density at radius 3 is 2.23 bits per heavy atom. The van der Waals surface area contributed by atoms with E-state index in [1.807, 2.05) is 6.92 Å². The molecule has 2 rings (SSSR count). The Balaban J connectivity index is 2.56. The van der Waals surface area contributed by atoms with Gasteiger partial charge in [0.25, 0.3) is 0 Å². The van der Waals surface area contributed by atoms with Crippen molar-refractivity contribution in [1.82, 2.24) is 0 Å². The largest absolute Gasteiger partial charge is 0.413 e. The van der Waals surface area contributed by atoms with Crippen LogP contribution in [0.5, 0.6) is 0 Å². The van der Waals surface area contributed by atoms with Gasteiger partial charge in [-0.15, -0.1) is 0 Å². The molecular weight excluding hydrogens is 424 g/mol. The highest BCUT2D eigenvalue weighted by Crippen LogP contribution is 2.50. The van der Waals surface area contributed by atoms with E-state index in [-0.39, 0.29) is 34.2 Å². The van der Waals surface area contributed by atoms with Crippen LogP contribution < -0.4 is 0 Å². The highest BCUT2D eigenvalue weighted by atomic mass is 32.2. The van der Waals surface area contributed by atoms with Gasteiger partial charge in [0, 0.05) is 12.3 Å². The third kappa shape index (κ3) is 5.40. The molecule has 174 valence electrons. The Morgan fingerprint density at radius 1 is 1.19 bits per heavy atom. The lowest BCUT2D eigenvalue weighted by Crippen LogP contribution is -2.54. The van der Waals surface area contributed by atoms with Crippen LogP contribution in [0.2, 0.25) is 18.1 Å². The standard InChI is InChI=1S/C25H40O4SSi/c1-18-15-16-22(29-31(8,9)24(3,4)5)25(6,7)23(18)21(17-19(2)26)30(27,28)20-13-11-10-12-14-20/h10-15,21-23H,16-17H2,1-9H3/t21?,22-,23-/m0/s1. The van der Waals surface area contributed by atoms with Gasteiger partial charge in [0.1, 0.15) is 5.78 Å². The second kappa shape index (κ2) is 8.95. The molecule has 1 aromatic rings. The van der Waals surface area contributed by atoms with Gasteiger partial charge in [0.15, 0.2) is 18.2 Å². The zero-order valence-corrected chi connectivity index (χ0v) is 22.5. The van der Waals surface area contributed by atoms with Gasteiger partial charge in [-0.3, -0.25) is 4.79 Å². The Labute approximate surface area is 190 Å². The second-order valence-electron chi connectivity index (χ2n) is 11.2. The number of carbonyl (C=O) groups is 1. The molecule has 1 aliphatic carbocycles. The maximum absolute atomic E-state index is 13.7. The van der Waals surface area contributed by atoms with Crippen LogP contribution in [0.3, 0.4) is 0 Å². The van der Waals surface area contributed by atoms with E-state index in [1.54, 1.807) is 30.3 Å². The molecule has 3 atom stereocenters. The van der Waals surface area contributed by atoms with Gasteiger partial charge in [-0.2, -0.15) is 0 Å². The second-order valence-corrected chi connectivity index (χ2v) is 18.1. The quantitative estimate of drug-likeness (QED) is 0.356. The van der Waals surface area contributed by atoms with E-state index in [2.05, 4.69) is 53.8 Å². The lowest BCUT2D eigenvalue weighted by molar-refractivity contribution is -0.117. The molecule has 6 heteroatoms. The van der Waals surface area contributed by atoms with Crippen molar-refractivity contribution in [2.45, 2.75) is 95.7 Å². The van der Waals surface area contributed by atoms with Crippen LogP contribution >= 0.6 is 0 Å². The summed E-state index contributed by atoms with van der Waals surface area (Å²) >= 11 is 0. The summed E-state index contributed by atoms with van der Waals surface area (Å²) in [6.07, 6.45) is 2.80. The SMILES string of the molecule is CC(=O)CC([C@@H]1C(C)=CC[C@H](O[Si](C)(C)C(C)(C)C)C1(C)C)S(=O)(=O)c1ccccc1. The number of ketones is 1. The highest BCUT2D eigenvalue weighted by Gasteiger charge is 2.51.